The lowest BCUT2D eigenvalue weighted by molar-refractivity contribution is 0.613. The molecule has 0 atom stereocenters. The number of pyridine rings is 1. The van der Waals surface area contributed by atoms with Crippen LogP contribution in [0.25, 0.3) is 21.6 Å². The fourth-order valence-corrected chi connectivity index (χ4v) is 4.83. The van der Waals surface area contributed by atoms with E-state index in [0.29, 0.717) is 17.9 Å². The first-order valence-electron chi connectivity index (χ1n) is 8.99. The molecule has 4 aromatic rings. The Morgan fingerprint density at radius 3 is 2.85 bits per heavy atom. The van der Waals surface area contributed by atoms with Crippen LogP contribution >= 0.6 is 11.3 Å². The Bertz CT molecular complexity index is 1120. The van der Waals surface area contributed by atoms with E-state index in [1.54, 1.807) is 35.9 Å². The van der Waals surface area contributed by atoms with Gasteiger partial charge in [0.15, 0.2) is 5.82 Å². The van der Waals surface area contributed by atoms with Crippen molar-refractivity contribution in [1.82, 2.24) is 15.0 Å². The van der Waals surface area contributed by atoms with Gasteiger partial charge in [-0.2, -0.15) is 0 Å². The highest BCUT2D eigenvalue weighted by atomic mass is 32.1. The molecule has 6 heteroatoms. The summed E-state index contributed by atoms with van der Waals surface area (Å²) in [4.78, 5) is 16.2. The van der Waals surface area contributed by atoms with Crippen LogP contribution in [0.15, 0.2) is 48.8 Å². The summed E-state index contributed by atoms with van der Waals surface area (Å²) in [5.74, 6) is 1.21. The van der Waals surface area contributed by atoms with Gasteiger partial charge in [-0.25, -0.2) is 14.4 Å². The maximum Gasteiger partial charge on any atom is 0.164 e. The van der Waals surface area contributed by atoms with Crippen molar-refractivity contribution in [3.8, 4) is 11.4 Å². The molecular weight excluding hydrogens is 359 g/mol. The number of rotatable bonds is 4. The number of halogens is 1. The number of benzene rings is 1. The van der Waals surface area contributed by atoms with E-state index in [-0.39, 0.29) is 5.82 Å². The van der Waals surface area contributed by atoms with Crippen LogP contribution in [-0.4, -0.2) is 15.0 Å². The molecule has 0 unspecified atom stereocenters. The standard InChI is InChI=1S/C21H17FN4S/c22-16-8-2-1-5-13(16)12-24-20-18-15-7-3-9-17(15)27-21(18)26-19(25-20)14-6-4-10-23-11-14/h1-2,4-6,8,10-11H,3,7,9,12H2,(H,24,25,26). The summed E-state index contributed by atoms with van der Waals surface area (Å²) >= 11 is 1.75. The molecule has 1 aliphatic rings. The van der Waals surface area contributed by atoms with Gasteiger partial charge in [0.2, 0.25) is 0 Å². The van der Waals surface area contributed by atoms with Crippen molar-refractivity contribution in [2.75, 3.05) is 5.32 Å². The van der Waals surface area contributed by atoms with E-state index >= 15 is 0 Å². The van der Waals surface area contributed by atoms with E-state index in [1.165, 1.54) is 22.9 Å². The van der Waals surface area contributed by atoms with Gasteiger partial charge in [0.1, 0.15) is 16.5 Å². The molecule has 1 N–H and O–H groups in total. The molecule has 0 aliphatic heterocycles. The van der Waals surface area contributed by atoms with E-state index < -0.39 is 0 Å². The van der Waals surface area contributed by atoms with Gasteiger partial charge in [0.25, 0.3) is 0 Å². The SMILES string of the molecule is Fc1ccccc1CNc1nc(-c2cccnc2)nc2sc3c(c12)CCC3. The molecule has 5 rings (SSSR count). The first kappa shape index (κ1) is 16.3. The number of hydrogen-bond donors (Lipinski definition) is 1. The lowest BCUT2D eigenvalue weighted by Gasteiger charge is -2.11. The Morgan fingerprint density at radius 2 is 2.00 bits per heavy atom. The molecule has 0 spiro atoms. The van der Waals surface area contributed by atoms with Crippen LogP contribution in [0.2, 0.25) is 0 Å². The number of anilines is 1. The minimum Gasteiger partial charge on any atom is -0.365 e. The third-order valence-electron chi connectivity index (χ3n) is 4.89. The van der Waals surface area contributed by atoms with Gasteiger partial charge in [0.05, 0.1) is 5.39 Å². The monoisotopic (exact) mass is 376 g/mol. The van der Waals surface area contributed by atoms with E-state index in [4.69, 9.17) is 9.97 Å². The summed E-state index contributed by atoms with van der Waals surface area (Å²) in [5, 5.41) is 4.46. The van der Waals surface area contributed by atoms with E-state index in [1.807, 2.05) is 18.2 Å². The molecule has 1 aromatic carbocycles. The zero-order valence-electron chi connectivity index (χ0n) is 14.6. The zero-order valence-corrected chi connectivity index (χ0v) is 15.4. The van der Waals surface area contributed by atoms with Gasteiger partial charge >= 0.3 is 0 Å². The van der Waals surface area contributed by atoms with Gasteiger partial charge < -0.3 is 5.32 Å². The second-order valence-electron chi connectivity index (χ2n) is 6.62. The predicted molar refractivity (Wildman–Crippen MR) is 106 cm³/mol. The summed E-state index contributed by atoms with van der Waals surface area (Å²) in [6.07, 6.45) is 6.83. The highest BCUT2D eigenvalue weighted by Crippen LogP contribution is 2.40. The lowest BCUT2D eigenvalue weighted by atomic mass is 10.1. The number of nitrogens with one attached hydrogen (secondary N) is 1. The molecule has 134 valence electrons. The van der Waals surface area contributed by atoms with Gasteiger partial charge in [-0.3, -0.25) is 4.98 Å². The van der Waals surface area contributed by atoms with Crippen molar-refractivity contribution in [2.45, 2.75) is 25.8 Å². The third-order valence-corrected chi connectivity index (χ3v) is 6.07. The van der Waals surface area contributed by atoms with E-state index in [0.717, 1.165) is 34.4 Å². The Kier molecular flexibility index (Phi) is 4.05. The van der Waals surface area contributed by atoms with Gasteiger partial charge in [-0.1, -0.05) is 18.2 Å². The fraction of sp³-hybridized carbons (Fsp3) is 0.190. The van der Waals surface area contributed by atoms with Crippen LogP contribution < -0.4 is 5.32 Å². The molecule has 3 aromatic heterocycles. The molecule has 0 fully saturated rings. The average Bonchev–Trinajstić information content (AvgIpc) is 3.28. The highest BCUT2D eigenvalue weighted by molar-refractivity contribution is 7.19. The predicted octanol–water partition coefficient (Wildman–Crippen LogP) is 4.99. The van der Waals surface area contributed by atoms with Crippen LogP contribution in [0.1, 0.15) is 22.4 Å². The van der Waals surface area contributed by atoms with E-state index in [9.17, 15) is 4.39 Å². The molecule has 27 heavy (non-hydrogen) atoms. The van der Waals surface area contributed by atoms with Gasteiger partial charge in [0, 0.05) is 34.9 Å². The third kappa shape index (κ3) is 2.96. The maximum absolute atomic E-state index is 14.0. The van der Waals surface area contributed by atoms with E-state index in [2.05, 4.69) is 10.3 Å². The molecule has 0 saturated carbocycles. The first-order chi connectivity index (χ1) is 13.3. The summed E-state index contributed by atoms with van der Waals surface area (Å²) in [6.45, 7) is 0.385. The summed E-state index contributed by atoms with van der Waals surface area (Å²) in [7, 11) is 0. The number of aryl methyl sites for hydroxylation is 2. The van der Waals surface area contributed by atoms with Crippen LogP contribution in [0, 0.1) is 5.82 Å². The second-order valence-corrected chi connectivity index (χ2v) is 7.70. The van der Waals surface area contributed by atoms with Crippen molar-refractivity contribution in [3.05, 3.63) is 70.6 Å². The largest absolute Gasteiger partial charge is 0.365 e. The topological polar surface area (TPSA) is 50.7 Å². The summed E-state index contributed by atoms with van der Waals surface area (Å²) in [6, 6.07) is 10.7. The normalized spacial score (nSPS) is 13.1. The summed E-state index contributed by atoms with van der Waals surface area (Å²) in [5.41, 5.74) is 2.85. The number of nitrogens with zero attached hydrogens (tertiary/aromatic N) is 3. The van der Waals surface area contributed by atoms with Crippen molar-refractivity contribution in [1.29, 1.82) is 0 Å². The van der Waals surface area contributed by atoms with Crippen molar-refractivity contribution >= 4 is 27.4 Å². The Morgan fingerprint density at radius 1 is 1.07 bits per heavy atom. The zero-order chi connectivity index (χ0) is 18.2. The molecule has 3 heterocycles. The minimum absolute atomic E-state index is 0.210. The number of hydrogen-bond acceptors (Lipinski definition) is 5. The Labute approximate surface area is 160 Å². The van der Waals surface area contributed by atoms with Crippen LogP contribution in [0.3, 0.4) is 0 Å². The molecule has 0 amide bonds. The van der Waals surface area contributed by atoms with Crippen molar-refractivity contribution < 1.29 is 4.39 Å². The van der Waals surface area contributed by atoms with Crippen LogP contribution in [0.4, 0.5) is 10.2 Å². The first-order valence-corrected chi connectivity index (χ1v) is 9.81. The second kappa shape index (κ2) is 6.70. The lowest BCUT2D eigenvalue weighted by Crippen LogP contribution is -2.05. The molecule has 0 radical (unpaired) electrons. The van der Waals surface area contributed by atoms with Crippen LogP contribution in [0.5, 0.6) is 0 Å². The highest BCUT2D eigenvalue weighted by Gasteiger charge is 2.22. The molecular formula is C21H17FN4S. The Hall–Kier alpha value is -2.86. The number of fused-ring (bicyclic) bond motifs is 3. The number of aromatic nitrogens is 3. The maximum atomic E-state index is 14.0. The molecule has 1 aliphatic carbocycles. The number of thiophene rings is 1. The molecule has 4 nitrogen and oxygen atoms in total. The van der Waals surface area contributed by atoms with Crippen LogP contribution in [-0.2, 0) is 19.4 Å². The average molecular weight is 376 g/mol. The smallest absolute Gasteiger partial charge is 0.164 e. The van der Waals surface area contributed by atoms with Gasteiger partial charge in [-0.05, 0) is 43.0 Å². The van der Waals surface area contributed by atoms with Gasteiger partial charge in [-0.15, -0.1) is 11.3 Å². The molecule has 0 bridgehead atoms. The fourth-order valence-electron chi connectivity index (χ4n) is 3.57. The summed E-state index contributed by atoms with van der Waals surface area (Å²) < 4.78 is 14.0. The van der Waals surface area contributed by atoms with Crippen molar-refractivity contribution in [2.24, 2.45) is 0 Å². The quantitative estimate of drug-likeness (QED) is 0.545. The minimum atomic E-state index is -0.210. The van der Waals surface area contributed by atoms with Crippen molar-refractivity contribution in [3.63, 3.8) is 0 Å². The molecule has 0 saturated heterocycles. The Balaban J connectivity index is 1.61.